The third kappa shape index (κ3) is 13.4. The molecule has 1 aromatic carbocycles. The maximum Gasteiger partial charge on any atom is 0.335 e. The van der Waals surface area contributed by atoms with E-state index in [1.807, 2.05) is 34.6 Å². The Hall–Kier alpha value is -3.63. The Morgan fingerprint density at radius 1 is 0.827 bits per heavy atom. The molecule has 0 radical (unpaired) electrons. The van der Waals surface area contributed by atoms with Crippen molar-refractivity contribution in [3.8, 4) is 5.75 Å². The first kappa shape index (κ1) is 44.5. The van der Waals surface area contributed by atoms with Gasteiger partial charge in [0.1, 0.15) is 36.5 Å². The number of aliphatic hydroxyl groups excluding tert-OH is 3. The molecule has 1 saturated heterocycles. The quantitative estimate of drug-likeness (QED) is 0.127. The molecule has 0 saturated carbocycles. The number of carboxylic acids is 1. The third-order valence-corrected chi connectivity index (χ3v) is 8.62. The second kappa shape index (κ2) is 17.9. The lowest BCUT2D eigenvalue weighted by molar-refractivity contribution is -0.271. The molecule has 294 valence electrons. The van der Waals surface area contributed by atoms with Gasteiger partial charge in [-0.25, -0.2) is 4.79 Å². The van der Waals surface area contributed by atoms with Crippen molar-refractivity contribution in [2.75, 3.05) is 18.5 Å². The average Bonchev–Trinajstić information content (AvgIpc) is 3.02. The smallest absolute Gasteiger partial charge is 0.335 e. The first-order valence-electron chi connectivity index (χ1n) is 17.4. The molecular formula is C37H58N2O13. The molecule has 0 aliphatic carbocycles. The van der Waals surface area contributed by atoms with Gasteiger partial charge in [-0.3, -0.25) is 19.2 Å². The van der Waals surface area contributed by atoms with Gasteiger partial charge in [-0.05, 0) is 65.2 Å². The van der Waals surface area contributed by atoms with Gasteiger partial charge >= 0.3 is 11.9 Å². The lowest BCUT2D eigenvalue weighted by Crippen LogP contribution is -2.61. The molecule has 15 nitrogen and oxygen atoms in total. The Kier molecular flexibility index (Phi) is 15.4. The van der Waals surface area contributed by atoms with Crippen LogP contribution in [0.4, 0.5) is 5.69 Å². The molecule has 1 aromatic rings. The maximum atomic E-state index is 13.1. The first-order valence-corrected chi connectivity index (χ1v) is 17.4. The Bertz CT molecular complexity index is 1430. The fourth-order valence-corrected chi connectivity index (χ4v) is 4.81. The van der Waals surface area contributed by atoms with E-state index in [1.165, 1.54) is 18.2 Å². The molecule has 1 aliphatic rings. The predicted octanol–water partition coefficient (Wildman–Crippen LogP) is 3.10. The van der Waals surface area contributed by atoms with Crippen molar-refractivity contribution in [2.45, 2.75) is 138 Å². The van der Waals surface area contributed by atoms with E-state index < -0.39 is 70.4 Å². The molecule has 0 spiro atoms. The van der Waals surface area contributed by atoms with E-state index in [4.69, 9.17) is 18.9 Å². The van der Waals surface area contributed by atoms with Crippen molar-refractivity contribution >= 4 is 35.2 Å². The molecule has 6 N–H and O–H groups in total. The number of aliphatic hydroxyl groups is 3. The minimum Gasteiger partial charge on any atom is -0.479 e. The van der Waals surface area contributed by atoms with E-state index in [0.29, 0.717) is 24.8 Å². The SMILES string of the molecule is CC(C)(CCC(=O)C(C)(C)C)OCCC(C)(C)C(=O)NCCC(=O)Nc1cc(COC(=O)C(C)(C)C)ccc1O[C@@H]1O[C@H](C(=O)O)[C@@H](O)[C@H](O)[C@H]1O. The van der Waals surface area contributed by atoms with E-state index in [-0.39, 0.29) is 49.3 Å². The summed E-state index contributed by atoms with van der Waals surface area (Å²) >= 11 is 0. The highest BCUT2D eigenvalue weighted by atomic mass is 16.7. The number of rotatable bonds is 17. The summed E-state index contributed by atoms with van der Waals surface area (Å²) in [6.07, 6.45) is -8.19. The summed E-state index contributed by atoms with van der Waals surface area (Å²) in [7, 11) is 0. The van der Waals surface area contributed by atoms with Crippen LogP contribution in [-0.4, -0.2) is 99.4 Å². The number of anilines is 1. The number of carbonyl (C=O) groups is 5. The predicted molar refractivity (Wildman–Crippen MR) is 189 cm³/mol. The highest BCUT2D eigenvalue weighted by Crippen LogP contribution is 2.32. The van der Waals surface area contributed by atoms with Crippen LogP contribution in [0.15, 0.2) is 18.2 Å². The number of nitrogens with one attached hydrogen (secondary N) is 2. The Morgan fingerprint density at radius 2 is 1.46 bits per heavy atom. The molecule has 52 heavy (non-hydrogen) atoms. The zero-order chi connectivity index (χ0) is 39.8. The monoisotopic (exact) mass is 738 g/mol. The van der Waals surface area contributed by atoms with Crippen LogP contribution in [0.2, 0.25) is 0 Å². The number of esters is 1. The summed E-state index contributed by atoms with van der Waals surface area (Å²) in [6.45, 7) is 18.2. The van der Waals surface area contributed by atoms with Gasteiger partial charge in [0.15, 0.2) is 6.10 Å². The van der Waals surface area contributed by atoms with Gasteiger partial charge in [0.05, 0.1) is 16.7 Å². The number of aliphatic carboxylic acids is 1. The van der Waals surface area contributed by atoms with Gasteiger partial charge < -0.3 is 50.0 Å². The largest absolute Gasteiger partial charge is 0.479 e. The number of benzene rings is 1. The van der Waals surface area contributed by atoms with E-state index in [1.54, 1.807) is 34.6 Å². The Balaban J connectivity index is 2.07. The standard InChI is InChI=1S/C37H58N2O13/c1-34(2,3)24(40)13-15-37(9,10)50-18-16-36(7,8)32(47)38-17-14-25(41)39-22-19-21(20-49-33(48)35(4,5)6)11-12-23(22)51-31-28(44)26(42)27(43)29(52-31)30(45)46/h11-12,19,26-29,31,42-44H,13-18,20H2,1-10H3,(H,38,47)(H,39,41)(H,45,46)/t26-,27-,28+,29-,31+/m0/s1. The number of ether oxygens (including phenoxy) is 4. The maximum absolute atomic E-state index is 13.1. The van der Waals surface area contributed by atoms with Crippen LogP contribution in [0.5, 0.6) is 5.75 Å². The number of carboxylic acid groups (broad SMARTS) is 1. The van der Waals surface area contributed by atoms with Crippen LogP contribution in [0, 0.1) is 16.2 Å². The van der Waals surface area contributed by atoms with Crippen LogP contribution < -0.4 is 15.4 Å². The lowest BCUT2D eigenvalue weighted by Gasteiger charge is -2.38. The van der Waals surface area contributed by atoms with Crippen molar-refractivity contribution in [3.63, 3.8) is 0 Å². The normalized spacial score (nSPS) is 21.2. The van der Waals surface area contributed by atoms with Crippen molar-refractivity contribution in [1.82, 2.24) is 5.32 Å². The average molecular weight is 739 g/mol. The summed E-state index contributed by atoms with van der Waals surface area (Å²) in [5.41, 5.74) is -2.09. The highest BCUT2D eigenvalue weighted by Gasteiger charge is 2.48. The third-order valence-electron chi connectivity index (χ3n) is 8.62. The lowest BCUT2D eigenvalue weighted by atomic mass is 9.86. The molecule has 1 fully saturated rings. The number of amides is 2. The van der Waals surface area contributed by atoms with Crippen LogP contribution in [-0.2, 0) is 44.8 Å². The van der Waals surface area contributed by atoms with Gasteiger partial charge in [-0.15, -0.1) is 0 Å². The molecule has 5 atom stereocenters. The van der Waals surface area contributed by atoms with E-state index >= 15 is 0 Å². The van der Waals surface area contributed by atoms with Crippen molar-refractivity contribution in [1.29, 1.82) is 0 Å². The van der Waals surface area contributed by atoms with Crippen LogP contribution in [0.3, 0.4) is 0 Å². The first-order chi connectivity index (χ1) is 23.7. The molecule has 1 heterocycles. The summed E-state index contributed by atoms with van der Waals surface area (Å²) in [5.74, 6) is -2.85. The van der Waals surface area contributed by atoms with Crippen LogP contribution in [0.25, 0.3) is 0 Å². The Labute approximate surface area is 305 Å². The molecule has 2 amide bonds. The molecule has 0 unspecified atom stereocenters. The second-order valence-electron chi connectivity index (χ2n) is 16.5. The Morgan fingerprint density at radius 3 is 2.04 bits per heavy atom. The molecule has 0 bridgehead atoms. The summed E-state index contributed by atoms with van der Waals surface area (Å²) in [4.78, 5) is 62.3. The van der Waals surface area contributed by atoms with Crippen molar-refractivity contribution in [2.24, 2.45) is 16.2 Å². The fourth-order valence-electron chi connectivity index (χ4n) is 4.81. The molecule has 1 aliphatic heterocycles. The van der Waals surface area contributed by atoms with Gasteiger partial charge in [0.2, 0.25) is 18.1 Å². The van der Waals surface area contributed by atoms with E-state index in [0.717, 1.165) is 0 Å². The number of carbonyl (C=O) groups excluding carboxylic acids is 4. The van der Waals surface area contributed by atoms with Crippen molar-refractivity contribution < 1.29 is 63.3 Å². The molecule has 2 rings (SSSR count). The zero-order valence-corrected chi connectivity index (χ0v) is 32.0. The summed E-state index contributed by atoms with van der Waals surface area (Å²) in [5, 5.41) is 45.5. The van der Waals surface area contributed by atoms with E-state index in [9.17, 15) is 44.4 Å². The zero-order valence-electron chi connectivity index (χ0n) is 32.0. The highest BCUT2D eigenvalue weighted by molar-refractivity contribution is 5.93. The number of hydrogen-bond acceptors (Lipinski definition) is 12. The fraction of sp³-hybridized carbons (Fsp3) is 0.703. The van der Waals surface area contributed by atoms with Crippen molar-refractivity contribution in [3.05, 3.63) is 23.8 Å². The summed E-state index contributed by atoms with van der Waals surface area (Å²) in [6, 6.07) is 4.32. The molecular weight excluding hydrogens is 680 g/mol. The van der Waals surface area contributed by atoms with E-state index in [2.05, 4.69) is 10.6 Å². The van der Waals surface area contributed by atoms with Gasteiger partial charge in [-0.2, -0.15) is 0 Å². The minimum absolute atomic E-state index is 0.0245. The summed E-state index contributed by atoms with van der Waals surface area (Å²) < 4.78 is 22.3. The number of Topliss-reactive ketones (excluding diaryl/α,β-unsaturated/α-hetero) is 1. The van der Waals surface area contributed by atoms with Gasteiger partial charge in [0, 0.05) is 36.8 Å². The molecule has 0 aromatic heterocycles. The van der Waals surface area contributed by atoms with Crippen LogP contribution >= 0.6 is 0 Å². The van der Waals surface area contributed by atoms with Crippen LogP contribution in [0.1, 0.15) is 100 Å². The van der Waals surface area contributed by atoms with Gasteiger partial charge in [0.25, 0.3) is 0 Å². The molecule has 15 heteroatoms. The number of ketones is 1. The topological polar surface area (TPSA) is 227 Å². The second-order valence-corrected chi connectivity index (χ2v) is 16.5. The minimum atomic E-state index is -1.93. The van der Waals surface area contributed by atoms with Gasteiger partial charge in [-0.1, -0.05) is 40.7 Å². The number of hydrogen-bond donors (Lipinski definition) is 6.